The van der Waals surface area contributed by atoms with E-state index in [1.807, 2.05) is 23.1 Å². The van der Waals surface area contributed by atoms with Crippen LogP contribution in [0.25, 0.3) is 21.9 Å². The Labute approximate surface area is 271 Å². The monoisotopic (exact) mass is 634 g/mol. The van der Waals surface area contributed by atoms with Crippen molar-refractivity contribution in [1.29, 1.82) is 0 Å². The van der Waals surface area contributed by atoms with Crippen molar-refractivity contribution in [2.45, 2.75) is 63.0 Å². The molecule has 0 spiro atoms. The van der Waals surface area contributed by atoms with Crippen LogP contribution in [0.5, 0.6) is 5.75 Å². The zero-order chi connectivity index (χ0) is 32.5. The molecule has 1 saturated carbocycles. The Hall–Kier alpha value is -5.03. The number of amides is 2. The molecule has 242 valence electrons. The largest absolute Gasteiger partial charge is 0.508 e. The highest BCUT2D eigenvalue weighted by Gasteiger charge is 2.39. The number of aromatic amines is 1. The molecule has 1 saturated heterocycles. The number of H-pyrrole nitrogens is 1. The molecule has 4 heterocycles. The first-order valence-electron chi connectivity index (χ1n) is 16.3. The third-order valence-electron chi connectivity index (χ3n) is 9.82. The number of hydrogen-bond acceptors (Lipinski definition) is 7. The summed E-state index contributed by atoms with van der Waals surface area (Å²) in [4.78, 5) is 53.9. The molecule has 11 heteroatoms. The number of anilines is 1. The maximum atomic E-state index is 13.7. The van der Waals surface area contributed by atoms with E-state index >= 15 is 0 Å². The van der Waals surface area contributed by atoms with Crippen LogP contribution in [-0.2, 0) is 22.6 Å². The number of nitrogens with zero attached hydrogens (tertiary/aromatic N) is 4. The number of aromatic nitrogens is 4. The normalized spacial score (nSPS) is 19.6. The molecule has 5 aromatic rings. The molecule has 47 heavy (non-hydrogen) atoms. The highest BCUT2D eigenvalue weighted by molar-refractivity contribution is 5.96. The lowest BCUT2D eigenvalue weighted by Crippen LogP contribution is -2.51. The predicted molar refractivity (Wildman–Crippen MR) is 178 cm³/mol. The van der Waals surface area contributed by atoms with E-state index in [1.165, 1.54) is 16.5 Å². The number of carbonyl (C=O) groups is 2. The number of benzene rings is 2. The zero-order valence-electron chi connectivity index (χ0n) is 26.1. The molecule has 7 rings (SSSR count). The van der Waals surface area contributed by atoms with Crippen LogP contribution in [0.4, 0.5) is 5.82 Å². The van der Waals surface area contributed by atoms with Crippen molar-refractivity contribution in [3.05, 3.63) is 94.7 Å². The third kappa shape index (κ3) is 6.35. The molecule has 1 aliphatic heterocycles. The first kappa shape index (κ1) is 30.6. The summed E-state index contributed by atoms with van der Waals surface area (Å²) in [6.07, 6.45) is 7.93. The van der Waals surface area contributed by atoms with Crippen molar-refractivity contribution in [3.8, 4) is 5.75 Å². The maximum Gasteiger partial charge on any atom is 0.280 e. The summed E-state index contributed by atoms with van der Waals surface area (Å²) >= 11 is 0. The second kappa shape index (κ2) is 12.6. The SMILES string of the molecule is O=C(Cc1c[nH]c2ccc(O)cc12)Nc1ccc2ncn(CC3(O)CCN(C(=O)C4CCCCC4c4ccccc4)CC3)c(=O)c2n1. The molecule has 4 N–H and O–H groups in total. The lowest BCUT2D eigenvalue weighted by molar-refractivity contribution is -0.142. The first-order chi connectivity index (χ1) is 22.8. The number of piperidine rings is 1. The summed E-state index contributed by atoms with van der Waals surface area (Å²) in [6, 6.07) is 18.4. The first-order valence-corrected chi connectivity index (χ1v) is 16.3. The highest BCUT2D eigenvalue weighted by atomic mass is 16.3. The fourth-order valence-corrected chi connectivity index (χ4v) is 7.27. The van der Waals surface area contributed by atoms with Gasteiger partial charge in [0.15, 0.2) is 5.52 Å². The van der Waals surface area contributed by atoms with Crippen molar-refractivity contribution in [1.82, 2.24) is 24.4 Å². The number of rotatable bonds is 7. The molecule has 3 aromatic heterocycles. The number of pyridine rings is 1. The van der Waals surface area contributed by atoms with Crippen molar-refractivity contribution < 1.29 is 19.8 Å². The molecule has 2 unspecified atom stereocenters. The van der Waals surface area contributed by atoms with Crippen LogP contribution >= 0.6 is 0 Å². The summed E-state index contributed by atoms with van der Waals surface area (Å²) in [6.45, 7) is 0.875. The number of aliphatic hydroxyl groups is 1. The van der Waals surface area contributed by atoms with Gasteiger partial charge in [0.25, 0.3) is 5.56 Å². The minimum atomic E-state index is -1.18. The molecule has 1 aliphatic carbocycles. The smallest absolute Gasteiger partial charge is 0.280 e. The van der Waals surface area contributed by atoms with Crippen molar-refractivity contribution in [2.75, 3.05) is 18.4 Å². The fourth-order valence-electron chi connectivity index (χ4n) is 7.27. The van der Waals surface area contributed by atoms with Gasteiger partial charge in [-0.3, -0.25) is 19.0 Å². The van der Waals surface area contributed by atoms with E-state index in [4.69, 9.17) is 0 Å². The van der Waals surface area contributed by atoms with Gasteiger partial charge in [0, 0.05) is 36.1 Å². The molecule has 11 nitrogen and oxygen atoms in total. The average molecular weight is 635 g/mol. The predicted octanol–water partition coefficient (Wildman–Crippen LogP) is 4.49. The van der Waals surface area contributed by atoms with E-state index < -0.39 is 11.2 Å². The molecule has 0 bridgehead atoms. The zero-order valence-corrected chi connectivity index (χ0v) is 26.1. The second-order valence-corrected chi connectivity index (χ2v) is 13.0. The van der Waals surface area contributed by atoms with Gasteiger partial charge in [-0.15, -0.1) is 0 Å². The van der Waals surface area contributed by atoms with Gasteiger partial charge in [0.1, 0.15) is 11.6 Å². The molecular formula is C36H38N6O5. The number of phenols is 1. The van der Waals surface area contributed by atoms with E-state index in [9.17, 15) is 24.6 Å². The van der Waals surface area contributed by atoms with E-state index in [-0.39, 0.29) is 53.7 Å². The molecule has 2 amide bonds. The molecule has 0 radical (unpaired) electrons. The molecule has 2 aromatic carbocycles. The van der Waals surface area contributed by atoms with E-state index in [0.29, 0.717) is 37.0 Å². The number of likely N-dealkylation sites (tertiary alicyclic amines) is 1. The summed E-state index contributed by atoms with van der Waals surface area (Å²) in [5.74, 6) is 0.311. The van der Waals surface area contributed by atoms with Gasteiger partial charge in [0.05, 0.1) is 30.4 Å². The van der Waals surface area contributed by atoms with Crippen LogP contribution in [-0.4, -0.2) is 65.1 Å². The van der Waals surface area contributed by atoms with Crippen LogP contribution in [0.1, 0.15) is 55.6 Å². The van der Waals surface area contributed by atoms with E-state index in [1.54, 1.807) is 36.5 Å². The molecule has 2 aliphatic rings. The minimum absolute atomic E-state index is 0.0263. The Bertz CT molecular complexity index is 2000. The Morgan fingerprint density at radius 2 is 1.81 bits per heavy atom. The average Bonchev–Trinajstić information content (AvgIpc) is 3.47. The summed E-state index contributed by atoms with van der Waals surface area (Å²) in [5, 5.41) is 24.9. The Morgan fingerprint density at radius 3 is 2.62 bits per heavy atom. The lowest BCUT2D eigenvalue weighted by Gasteiger charge is -2.41. The lowest BCUT2D eigenvalue weighted by atomic mass is 9.74. The molecule has 2 atom stereocenters. The van der Waals surface area contributed by atoms with Gasteiger partial charge in [-0.1, -0.05) is 43.2 Å². The maximum absolute atomic E-state index is 13.7. The molecular weight excluding hydrogens is 596 g/mol. The Morgan fingerprint density at radius 1 is 1.02 bits per heavy atom. The quantitative estimate of drug-likeness (QED) is 0.206. The van der Waals surface area contributed by atoms with Gasteiger partial charge < -0.3 is 25.4 Å². The van der Waals surface area contributed by atoms with Crippen molar-refractivity contribution >= 4 is 39.6 Å². The van der Waals surface area contributed by atoms with Crippen LogP contribution in [0.2, 0.25) is 0 Å². The molecule has 2 fully saturated rings. The van der Waals surface area contributed by atoms with E-state index in [2.05, 4.69) is 32.4 Å². The number of fused-ring (bicyclic) bond motifs is 2. The van der Waals surface area contributed by atoms with Gasteiger partial charge in [-0.05, 0) is 73.1 Å². The van der Waals surface area contributed by atoms with Gasteiger partial charge in [-0.25, -0.2) is 9.97 Å². The number of aromatic hydroxyl groups is 1. The summed E-state index contributed by atoms with van der Waals surface area (Å²) in [5.41, 5.74) is 1.61. The van der Waals surface area contributed by atoms with Crippen molar-refractivity contribution in [2.24, 2.45) is 5.92 Å². The van der Waals surface area contributed by atoms with Crippen LogP contribution in [0.3, 0.4) is 0 Å². The third-order valence-corrected chi connectivity index (χ3v) is 9.82. The van der Waals surface area contributed by atoms with Crippen LogP contribution in [0, 0.1) is 5.92 Å². The van der Waals surface area contributed by atoms with Gasteiger partial charge in [-0.2, -0.15) is 0 Å². The number of phenolic OH excluding ortho intramolecular Hbond substituents is 1. The van der Waals surface area contributed by atoms with Crippen LogP contribution < -0.4 is 10.9 Å². The summed E-state index contributed by atoms with van der Waals surface area (Å²) < 4.78 is 1.36. The minimum Gasteiger partial charge on any atom is -0.508 e. The van der Waals surface area contributed by atoms with Gasteiger partial charge >= 0.3 is 0 Å². The van der Waals surface area contributed by atoms with Crippen LogP contribution in [0.15, 0.2) is 78.0 Å². The Balaban J connectivity index is 1.01. The second-order valence-electron chi connectivity index (χ2n) is 13.0. The topological polar surface area (TPSA) is 153 Å². The number of carbonyl (C=O) groups excluding carboxylic acids is 2. The van der Waals surface area contributed by atoms with E-state index in [0.717, 1.165) is 36.6 Å². The highest BCUT2D eigenvalue weighted by Crippen LogP contribution is 2.39. The number of nitrogens with one attached hydrogen (secondary N) is 2. The Kier molecular flexibility index (Phi) is 8.23. The van der Waals surface area contributed by atoms with Crippen molar-refractivity contribution in [3.63, 3.8) is 0 Å². The number of hydrogen-bond donors (Lipinski definition) is 4. The summed E-state index contributed by atoms with van der Waals surface area (Å²) in [7, 11) is 0. The van der Waals surface area contributed by atoms with Gasteiger partial charge in [0.2, 0.25) is 11.8 Å². The fraction of sp³-hybridized carbons (Fsp3) is 0.361. The standard InChI is InChI=1S/C36H38N6O5/c43-25-10-11-29-28(19-25)24(20-37-29)18-32(44)39-31-13-12-30-33(40-31)35(46)42(22-38-30)21-36(47)14-16-41(17-15-36)34(45)27-9-5-4-8-26(27)23-6-2-1-3-7-23/h1-3,6-7,10-13,19-20,22,26-27,37,43,47H,4-5,8-9,14-18,21H2,(H,39,40,44).